The summed E-state index contributed by atoms with van der Waals surface area (Å²) in [5, 5.41) is 14.9. The third kappa shape index (κ3) is 4.62. The van der Waals surface area contributed by atoms with Gasteiger partial charge in [0.15, 0.2) is 0 Å². The molecule has 0 aliphatic heterocycles. The molecule has 2 aliphatic rings. The van der Waals surface area contributed by atoms with Crippen molar-refractivity contribution in [1.82, 2.24) is 5.32 Å². The number of alkyl carbamates (subject to hydrolysis) is 1. The molecule has 0 spiro atoms. The Morgan fingerprint density at radius 2 is 1.60 bits per heavy atom. The normalized spacial score (nSPS) is 15.0. The summed E-state index contributed by atoms with van der Waals surface area (Å²) in [7, 11) is 0. The van der Waals surface area contributed by atoms with Crippen molar-refractivity contribution in [3.05, 3.63) is 87.0 Å². The quantitative estimate of drug-likeness (QED) is 0.331. The third-order valence-electron chi connectivity index (χ3n) is 6.71. The predicted octanol–water partition coefficient (Wildman–Crippen LogP) is 5.25. The summed E-state index contributed by atoms with van der Waals surface area (Å²) in [6, 6.07) is 21.1. The maximum Gasteiger partial charge on any atom is 0.407 e. The van der Waals surface area contributed by atoms with Gasteiger partial charge in [0.25, 0.3) is 0 Å². The Morgan fingerprint density at radius 3 is 2.20 bits per heavy atom. The Morgan fingerprint density at radius 1 is 0.971 bits per heavy atom. The lowest BCUT2D eigenvalue weighted by Crippen LogP contribution is -2.38. The molecule has 0 aromatic heterocycles. The van der Waals surface area contributed by atoms with Gasteiger partial charge in [0.1, 0.15) is 6.61 Å². The van der Waals surface area contributed by atoms with Crippen LogP contribution in [-0.4, -0.2) is 36.2 Å². The van der Waals surface area contributed by atoms with E-state index in [1.165, 1.54) is 6.07 Å². The van der Waals surface area contributed by atoms with Gasteiger partial charge in [-0.1, -0.05) is 48.5 Å². The van der Waals surface area contributed by atoms with Crippen LogP contribution in [0.3, 0.4) is 0 Å². The van der Waals surface area contributed by atoms with Crippen LogP contribution in [0.1, 0.15) is 40.2 Å². The summed E-state index contributed by atoms with van der Waals surface area (Å²) in [5.41, 5.74) is 4.09. The summed E-state index contributed by atoms with van der Waals surface area (Å²) in [5.74, 6) is -1.46. The lowest BCUT2D eigenvalue weighted by molar-refractivity contribution is -0.120. The summed E-state index contributed by atoms with van der Waals surface area (Å²) in [4.78, 5) is 37.0. The predicted molar refractivity (Wildman–Crippen MR) is 139 cm³/mol. The fourth-order valence-corrected chi connectivity index (χ4v) is 5.07. The van der Waals surface area contributed by atoms with Crippen molar-refractivity contribution in [1.29, 1.82) is 0 Å². The van der Waals surface area contributed by atoms with E-state index in [0.29, 0.717) is 12.8 Å². The highest BCUT2D eigenvalue weighted by molar-refractivity contribution is 14.1. The lowest BCUT2D eigenvalue weighted by Gasteiger charge is -2.18. The molecular weight excluding hydrogens is 559 g/mol. The number of carbonyl (C=O) groups is 3. The number of anilines is 1. The van der Waals surface area contributed by atoms with Crippen LogP contribution in [-0.2, 0) is 9.53 Å². The second-order valence-corrected chi connectivity index (χ2v) is 10.2. The Kier molecular flexibility index (Phi) is 6.22. The zero-order valence-electron chi connectivity index (χ0n) is 18.7. The lowest BCUT2D eigenvalue weighted by atomic mass is 9.98. The molecule has 7 nitrogen and oxygen atoms in total. The van der Waals surface area contributed by atoms with E-state index in [0.717, 1.165) is 25.8 Å². The molecule has 178 valence electrons. The van der Waals surface area contributed by atoms with Crippen molar-refractivity contribution < 1.29 is 24.2 Å². The molecule has 1 fully saturated rings. The van der Waals surface area contributed by atoms with E-state index in [1.54, 1.807) is 12.1 Å². The first-order chi connectivity index (χ1) is 16.9. The molecule has 0 atom stereocenters. The molecule has 0 bridgehead atoms. The van der Waals surface area contributed by atoms with Crippen molar-refractivity contribution in [3.63, 3.8) is 0 Å². The topological polar surface area (TPSA) is 105 Å². The Labute approximate surface area is 216 Å². The molecule has 5 rings (SSSR count). The number of carbonyl (C=O) groups excluding carboxylic acids is 2. The smallest absolute Gasteiger partial charge is 0.407 e. The molecule has 3 N–H and O–H groups in total. The third-order valence-corrected chi connectivity index (χ3v) is 7.38. The number of halogens is 1. The first-order valence-corrected chi connectivity index (χ1v) is 12.4. The van der Waals surface area contributed by atoms with E-state index in [1.807, 2.05) is 46.9 Å². The fraction of sp³-hybridized carbons (Fsp3) is 0.222. The van der Waals surface area contributed by atoms with Crippen molar-refractivity contribution in [2.45, 2.75) is 18.8 Å². The van der Waals surface area contributed by atoms with Crippen LogP contribution in [0.15, 0.2) is 66.7 Å². The van der Waals surface area contributed by atoms with Gasteiger partial charge >= 0.3 is 12.1 Å². The van der Waals surface area contributed by atoms with E-state index in [9.17, 15) is 19.5 Å². The minimum atomic E-state index is -1.11. The molecular formula is C27H23IN2O5. The minimum Gasteiger partial charge on any atom is -0.478 e. The summed E-state index contributed by atoms with van der Waals surface area (Å²) in [6.45, 7) is 0.325. The van der Waals surface area contributed by atoms with Gasteiger partial charge in [-0.25, -0.2) is 9.59 Å². The number of rotatable bonds is 7. The number of amides is 2. The van der Waals surface area contributed by atoms with Crippen LogP contribution in [0.2, 0.25) is 0 Å². The maximum atomic E-state index is 12.9. The zero-order chi connectivity index (χ0) is 24.6. The highest BCUT2D eigenvalue weighted by atomic mass is 127. The number of carboxylic acids is 1. The number of hydrogen-bond donors (Lipinski definition) is 3. The van der Waals surface area contributed by atoms with Gasteiger partial charge in [-0.15, -0.1) is 0 Å². The molecule has 3 aromatic rings. The number of nitrogens with one attached hydrogen (secondary N) is 2. The van der Waals surface area contributed by atoms with E-state index in [-0.39, 0.29) is 36.2 Å². The zero-order valence-corrected chi connectivity index (χ0v) is 20.9. The molecule has 0 saturated heterocycles. The van der Waals surface area contributed by atoms with Gasteiger partial charge < -0.3 is 20.5 Å². The molecule has 3 aromatic carbocycles. The Bertz CT molecular complexity index is 1290. The summed E-state index contributed by atoms with van der Waals surface area (Å²) in [6.07, 6.45) is 0.635. The maximum absolute atomic E-state index is 12.9. The van der Waals surface area contributed by atoms with E-state index >= 15 is 0 Å². The van der Waals surface area contributed by atoms with Crippen molar-refractivity contribution >= 4 is 46.2 Å². The van der Waals surface area contributed by atoms with Crippen LogP contribution in [0.5, 0.6) is 0 Å². The van der Waals surface area contributed by atoms with Crippen molar-refractivity contribution in [2.75, 3.05) is 18.5 Å². The molecule has 0 radical (unpaired) electrons. The second kappa shape index (κ2) is 9.33. The van der Waals surface area contributed by atoms with Gasteiger partial charge in [-0.05, 0) is 75.9 Å². The number of hydrogen-bond acceptors (Lipinski definition) is 4. The fourth-order valence-electron chi connectivity index (χ4n) is 4.58. The highest BCUT2D eigenvalue weighted by Gasteiger charge is 2.50. The Hall–Kier alpha value is -3.40. The highest BCUT2D eigenvalue weighted by Crippen LogP contribution is 2.46. The average molecular weight is 582 g/mol. The van der Waals surface area contributed by atoms with Crippen LogP contribution in [0.25, 0.3) is 11.1 Å². The van der Waals surface area contributed by atoms with E-state index in [4.69, 9.17) is 4.74 Å². The van der Waals surface area contributed by atoms with Crippen LogP contribution >= 0.6 is 22.6 Å². The number of fused-ring (bicyclic) bond motifs is 3. The molecule has 35 heavy (non-hydrogen) atoms. The standard InChI is InChI=1S/C27H23IN2O5/c28-16-9-10-23(21(13-16)24(31)32)30-25(33)27(11-12-27)15-29-26(34)35-14-22-19-7-3-1-5-17(19)18-6-2-4-8-20(18)22/h1-10,13,22H,11-12,14-15H2,(H,29,34)(H,30,33)(H,31,32). The van der Waals surface area contributed by atoms with Gasteiger partial charge in [-0.2, -0.15) is 0 Å². The average Bonchev–Trinajstić information content (AvgIpc) is 3.59. The largest absolute Gasteiger partial charge is 0.478 e. The molecule has 8 heteroatoms. The number of carboxylic acid groups (broad SMARTS) is 1. The molecule has 0 unspecified atom stereocenters. The minimum absolute atomic E-state index is 0.0329. The summed E-state index contributed by atoms with van der Waals surface area (Å²) >= 11 is 2.02. The molecule has 2 aliphatic carbocycles. The number of benzene rings is 3. The van der Waals surface area contributed by atoms with Crippen molar-refractivity contribution in [3.8, 4) is 11.1 Å². The van der Waals surface area contributed by atoms with Crippen LogP contribution in [0, 0.1) is 8.99 Å². The van der Waals surface area contributed by atoms with Gasteiger partial charge in [0, 0.05) is 16.0 Å². The van der Waals surface area contributed by atoms with Crippen molar-refractivity contribution in [2.24, 2.45) is 5.41 Å². The Balaban J connectivity index is 1.19. The SMILES string of the molecule is O=C(NCC1(C(=O)Nc2ccc(I)cc2C(=O)O)CC1)OCC1c2ccccc2-c2ccccc21. The first-order valence-electron chi connectivity index (χ1n) is 11.3. The van der Waals surface area contributed by atoms with Crippen LogP contribution < -0.4 is 10.6 Å². The van der Waals surface area contributed by atoms with Gasteiger partial charge in [0.05, 0.1) is 16.7 Å². The van der Waals surface area contributed by atoms with Gasteiger partial charge in [0.2, 0.25) is 5.91 Å². The van der Waals surface area contributed by atoms with E-state index in [2.05, 4.69) is 34.9 Å². The van der Waals surface area contributed by atoms with E-state index < -0.39 is 17.5 Å². The number of aromatic carboxylic acids is 1. The first kappa shape index (κ1) is 23.3. The van der Waals surface area contributed by atoms with Crippen LogP contribution in [0.4, 0.5) is 10.5 Å². The number of ether oxygens (including phenoxy) is 1. The molecule has 1 saturated carbocycles. The molecule has 0 heterocycles. The van der Waals surface area contributed by atoms with Gasteiger partial charge in [-0.3, -0.25) is 4.79 Å². The second-order valence-electron chi connectivity index (χ2n) is 8.91. The summed E-state index contributed by atoms with van der Waals surface area (Å²) < 4.78 is 6.32. The molecule has 2 amide bonds. The monoisotopic (exact) mass is 582 g/mol.